The van der Waals surface area contributed by atoms with Crippen molar-refractivity contribution in [2.24, 2.45) is 5.41 Å². The number of aryl methyl sites for hydroxylation is 1. The summed E-state index contributed by atoms with van der Waals surface area (Å²) in [5.41, 5.74) is 0.0198. The predicted molar refractivity (Wildman–Crippen MR) is 44.6 cm³/mol. The molecule has 0 atom stereocenters. The average Bonchev–Trinajstić information content (AvgIpc) is 2.70. The molecule has 0 aromatic carbocycles. The van der Waals surface area contributed by atoms with Crippen molar-refractivity contribution in [2.45, 2.75) is 25.8 Å². The van der Waals surface area contributed by atoms with Crippen molar-refractivity contribution in [1.29, 1.82) is 0 Å². The summed E-state index contributed by atoms with van der Waals surface area (Å²) in [5.74, 6) is 0. The number of carbonyl (C=O) groups excluding carboxylic acids is 1. The molecule has 0 radical (unpaired) electrons. The lowest BCUT2D eigenvalue weighted by Gasteiger charge is -2.05. The lowest BCUT2D eigenvalue weighted by atomic mass is 10.1. The molecule has 3 nitrogen and oxygen atoms in total. The van der Waals surface area contributed by atoms with Crippen LogP contribution in [0.3, 0.4) is 0 Å². The van der Waals surface area contributed by atoms with Gasteiger partial charge in [0.2, 0.25) is 0 Å². The van der Waals surface area contributed by atoms with Crippen molar-refractivity contribution in [2.75, 3.05) is 0 Å². The first-order chi connectivity index (χ1) is 5.85. The summed E-state index contributed by atoms with van der Waals surface area (Å²) < 4.78 is 1.88. The third-order valence-corrected chi connectivity index (χ3v) is 2.54. The number of hydrogen-bond acceptors (Lipinski definition) is 2. The Labute approximate surface area is 71.4 Å². The zero-order chi connectivity index (χ0) is 8.44. The minimum Gasteiger partial charge on any atom is -0.303 e. The van der Waals surface area contributed by atoms with E-state index in [1.165, 1.54) is 0 Å². The van der Waals surface area contributed by atoms with Crippen LogP contribution in [0.5, 0.6) is 0 Å². The molecule has 0 amide bonds. The van der Waals surface area contributed by atoms with Crippen LogP contribution in [0.4, 0.5) is 0 Å². The average molecular weight is 164 g/mol. The van der Waals surface area contributed by atoms with Crippen LogP contribution in [-0.4, -0.2) is 16.1 Å². The topological polar surface area (TPSA) is 34.9 Å². The van der Waals surface area contributed by atoms with Gasteiger partial charge in [-0.3, -0.25) is 4.68 Å². The predicted octanol–water partition coefficient (Wildman–Crippen LogP) is 1.25. The maximum absolute atomic E-state index is 10.6. The molecule has 1 aliphatic rings. The highest BCUT2D eigenvalue weighted by Gasteiger charge is 2.41. The van der Waals surface area contributed by atoms with Crippen LogP contribution in [0.1, 0.15) is 19.3 Å². The number of hydrogen-bond donors (Lipinski definition) is 0. The fraction of sp³-hybridized carbons (Fsp3) is 0.556. The van der Waals surface area contributed by atoms with Crippen molar-refractivity contribution in [3.05, 3.63) is 18.5 Å². The summed E-state index contributed by atoms with van der Waals surface area (Å²) >= 11 is 0. The van der Waals surface area contributed by atoms with Gasteiger partial charge in [0.25, 0.3) is 0 Å². The highest BCUT2D eigenvalue weighted by molar-refractivity contribution is 5.63. The number of aldehydes is 1. The summed E-state index contributed by atoms with van der Waals surface area (Å²) in [6, 6.07) is 1.90. The van der Waals surface area contributed by atoms with Crippen molar-refractivity contribution in [1.82, 2.24) is 9.78 Å². The smallest absolute Gasteiger partial charge is 0.126 e. The Morgan fingerprint density at radius 3 is 2.92 bits per heavy atom. The van der Waals surface area contributed by atoms with Gasteiger partial charge in [-0.1, -0.05) is 0 Å². The van der Waals surface area contributed by atoms with Gasteiger partial charge in [0.05, 0.1) is 0 Å². The van der Waals surface area contributed by atoms with Crippen LogP contribution in [0, 0.1) is 5.41 Å². The van der Waals surface area contributed by atoms with Gasteiger partial charge >= 0.3 is 0 Å². The zero-order valence-electron chi connectivity index (χ0n) is 6.94. The van der Waals surface area contributed by atoms with Gasteiger partial charge in [-0.05, 0) is 25.3 Å². The number of rotatable bonds is 4. The molecule has 12 heavy (non-hydrogen) atoms. The molecule has 1 aromatic heterocycles. The zero-order valence-corrected chi connectivity index (χ0v) is 6.94. The lowest BCUT2D eigenvalue weighted by Crippen LogP contribution is -2.08. The molecule has 1 fully saturated rings. The first-order valence-corrected chi connectivity index (χ1v) is 4.28. The molecule has 1 saturated carbocycles. The Morgan fingerprint density at radius 1 is 1.58 bits per heavy atom. The van der Waals surface area contributed by atoms with E-state index in [4.69, 9.17) is 0 Å². The lowest BCUT2D eigenvalue weighted by molar-refractivity contribution is -0.112. The Hall–Kier alpha value is -1.12. The van der Waals surface area contributed by atoms with E-state index in [1.807, 2.05) is 16.9 Å². The fourth-order valence-corrected chi connectivity index (χ4v) is 1.36. The van der Waals surface area contributed by atoms with Crippen LogP contribution in [0.2, 0.25) is 0 Å². The summed E-state index contributed by atoms with van der Waals surface area (Å²) in [7, 11) is 0. The maximum atomic E-state index is 10.6. The summed E-state index contributed by atoms with van der Waals surface area (Å²) in [5, 5.41) is 4.08. The van der Waals surface area contributed by atoms with Gasteiger partial charge in [0.15, 0.2) is 0 Å². The Bertz CT molecular complexity index is 262. The number of carbonyl (C=O) groups is 1. The molecule has 0 bridgehead atoms. The molecular weight excluding hydrogens is 152 g/mol. The molecule has 2 rings (SSSR count). The van der Waals surface area contributed by atoms with Crippen LogP contribution in [0.15, 0.2) is 18.5 Å². The molecule has 64 valence electrons. The fourth-order valence-electron chi connectivity index (χ4n) is 1.36. The Morgan fingerprint density at radius 2 is 2.42 bits per heavy atom. The van der Waals surface area contributed by atoms with E-state index in [9.17, 15) is 4.79 Å². The summed E-state index contributed by atoms with van der Waals surface area (Å²) in [4.78, 5) is 10.6. The molecule has 0 saturated heterocycles. The van der Waals surface area contributed by atoms with Crippen LogP contribution in [0.25, 0.3) is 0 Å². The van der Waals surface area contributed by atoms with Gasteiger partial charge in [0.1, 0.15) is 6.29 Å². The molecule has 0 unspecified atom stereocenters. The van der Waals surface area contributed by atoms with Gasteiger partial charge in [-0.25, -0.2) is 0 Å². The van der Waals surface area contributed by atoms with Crippen LogP contribution < -0.4 is 0 Å². The number of nitrogens with zero attached hydrogens (tertiary/aromatic N) is 2. The minimum absolute atomic E-state index is 0.0198. The van der Waals surface area contributed by atoms with E-state index >= 15 is 0 Å². The van der Waals surface area contributed by atoms with Crippen molar-refractivity contribution in [3.8, 4) is 0 Å². The molecule has 0 spiro atoms. The van der Waals surface area contributed by atoms with E-state index in [0.717, 1.165) is 32.1 Å². The van der Waals surface area contributed by atoms with Crippen molar-refractivity contribution in [3.63, 3.8) is 0 Å². The van der Waals surface area contributed by atoms with Crippen molar-refractivity contribution < 1.29 is 4.79 Å². The molecule has 3 heteroatoms. The maximum Gasteiger partial charge on any atom is 0.126 e. The monoisotopic (exact) mass is 164 g/mol. The molecule has 1 aliphatic carbocycles. The Kier molecular flexibility index (Phi) is 1.71. The highest BCUT2D eigenvalue weighted by Crippen LogP contribution is 2.46. The van der Waals surface area contributed by atoms with E-state index in [-0.39, 0.29) is 5.41 Å². The molecule has 1 aromatic rings. The number of aromatic nitrogens is 2. The van der Waals surface area contributed by atoms with E-state index < -0.39 is 0 Å². The first-order valence-electron chi connectivity index (χ1n) is 4.28. The third-order valence-electron chi connectivity index (χ3n) is 2.54. The highest BCUT2D eigenvalue weighted by atomic mass is 16.1. The second-order valence-corrected chi connectivity index (χ2v) is 3.50. The van der Waals surface area contributed by atoms with Crippen LogP contribution >= 0.6 is 0 Å². The van der Waals surface area contributed by atoms with Gasteiger partial charge in [0, 0.05) is 24.4 Å². The van der Waals surface area contributed by atoms with Gasteiger partial charge in [-0.15, -0.1) is 0 Å². The summed E-state index contributed by atoms with van der Waals surface area (Å²) in [6.07, 6.45) is 7.88. The molecule has 0 N–H and O–H groups in total. The largest absolute Gasteiger partial charge is 0.303 e. The third kappa shape index (κ3) is 1.40. The van der Waals surface area contributed by atoms with E-state index in [2.05, 4.69) is 5.10 Å². The quantitative estimate of drug-likeness (QED) is 0.628. The van der Waals surface area contributed by atoms with Crippen LogP contribution in [-0.2, 0) is 11.3 Å². The molecule has 0 aliphatic heterocycles. The molecular formula is C9H12N2O. The SMILES string of the molecule is O=CC1(CCn2cccn2)CC1. The van der Waals surface area contributed by atoms with E-state index in [1.54, 1.807) is 6.20 Å². The normalized spacial score (nSPS) is 19.0. The van der Waals surface area contributed by atoms with E-state index in [0.29, 0.717) is 0 Å². The van der Waals surface area contributed by atoms with Gasteiger partial charge in [-0.2, -0.15) is 5.10 Å². The second kappa shape index (κ2) is 2.73. The summed E-state index contributed by atoms with van der Waals surface area (Å²) in [6.45, 7) is 0.867. The van der Waals surface area contributed by atoms with Crippen molar-refractivity contribution >= 4 is 6.29 Å². The standard InChI is InChI=1S/C9H12N2O/c12-8-9(2-3-9)4-7-11-6-1-5-10-11/h1,5-6,8H,2-4,7H2. The Balaban J connectivity index is 1.86. The van der Waals surface area contributed by atoms with Gasteiger partial charge < -0.3 is 4.79 Å². The minimum atomic E-state index is 0.0198. The second-order valence-electron chi connectivity index (χ2n) is 3.50. The first kappa shape index (κ1) is 7.53. The molecule has 1 heterocycles.